The van der Waals surface area contributed by atoms with Gasteiger partial charge >= 0.3 is 5.97 Å². The topological polar surface area (TPSA) is 63.6 Å². The number of rotatable bonds is 3. The molecule has 1 aromatic rings. The van der Waals surface area contributed by atoms with Crippen LogP contribution in [0.5, 0.6) is 0 Å². The molecule has 0 aromatic heterocycles. The first-order valence-corrected chi connectivity index (χ1v) is 8.10. The third kappa shape index (κ3) is 2.85. The minimum atomic E-state index is -1.36. The van der Waals surface area contributed by atoms with Crippen LogP contribution in [0.15, 0.2) is 35.2 Å². The molecule has 0 unspecified atom stereocenters. The summed E-state index contributed by atoms with van der Waals surface area (Å²) in [6.07, 6.45) is 0.115. The van der Waals surface area contributed by atoms with E-state index in [-0.39, 0.29) is 42.5 Å². The Labute approximate surface area is 127 Å². The first kappa shape index (κ1) is 14.6. The predicted octanol–water partition coefficient (Wildman–Crippen LogP) is 2.05. The fourth-order valence-electron chi connectivity index (χ4n) is 3.06. The molecule has 1 N–H and O–H groups in total. The Hall–Kier alpha value is -1.33. The second kappa shape index (κ2) is 5.46. The summed E-state index contributed by atoms with van der Waals surface area (Å²) >= 11 is 1.60. The summed E-state index contributed by atoms with van der Waals surface area (Å²) < 4.78 is 5.39. The van der Waals surface area contributed by atoms with Gasteiger partial charge in [0.05, 0.1) is 5.92 Å². The first-order valence-electron chi connectivity index (χ1n) is 7.11. The van der Waals surface area contributed by atoms with Crippen LogP contribution < -0.4 is 0 Å². The Bertz CT molecular complexity index is 555. The lowest BCUT2D eigenvalue weighted by Gasteiger charge is -2.34. The molecule has 1 saturated carbocycles. The fraction of sp³-hybridized carbons (Fsp3) is 0.500. The average molecular weight is 306 g/mol. The van der Waals surface area contributed by atoms with Gasteiger partial charge in [0.1, 0.15) is 11.7 Å². The Morgan fingerprint density at radius 3 is 2.76 bits per heavy atom. The molecule has 4 atom stereocenters. The normalized spacial score (nSPS) is 35.4. The van der Waals surface area contributed by atoms with E-state index in [9.17, 15) is 14.7 Å². The summed E-state index contributed by atoms with van der Waals surface area (Å²) in [4.78, 5) is 25.1. The standard InChI is InChI=1S/C16H18O4S/c1-16(19)8-13-11(7-14(16)17)12(15(18)20-13)9-21-10-5-3-2-4-6-10/h2-6,11-13,19H,7-9H2,1H3/t11-,12-,13-,16+/m1/s1. The van der Waals surface area contributed by atoms with E-state index in [1.165, 1.54) is 6.92 Å². The van der Waals surface area contributed by atoms with Crippen molar-refractivity contribution in [3.05, 3.63) is 30.3 Å². The molecule has 1 aromatic carbocycles. The maximum atomic E-state index is 12.1. The van der Waals surface area contributed by atoms with Crippen molar-refractivity contribution in [3.8, 4) is 0 Å². The van der Waals surface area contributed by atoms with Gasteiger partial charge in [-0.05, 0) is 19.1 Å². The van der Waals surface area contributed by atoms with E-state index < -0.39 is 5.60 Å². The molecule has 21 heavy (non-hydrogen) atoms. The third-order valence-electron chi connectivity index (χ3n) is 4.36. The van der Waals surface area contributed by atoms with Gasteiger partial charge in [-0.15, -0.1) is 11.8 Å². The van der Waals surface area contributed by atoms with Crippen LogP contribution in [0.1, 0.15) is 19.8 Å². The first-order chi connectivity index (χ1) is 9.97. The summed E-state index contributed by atoms with van der Waals surface area (Å²) in [6, 6.07) is 9.86. The summed E-state index contributed by atoms with van der Waals surface area (Å²) in [7, 11) is 0. The third-order valence-corrected chi connectivity index (χ3v) is 5.49. The molecule has 0 radical (unpaired) electrons. The van der Waals surface area contributed by atoms with Crippen molar-refractivity contribution in [2.75, 3.05) is 5.75 Å². The van der Waals surface area contributed by atoms with E-state index >= 15 is 0 Å². The number of fused-ring (bicyclic) bond motifs is 1. The van der Waals surface area contributed by atoms with E-state index in [1.807, 2.05) is 30.3 Å². The van der Waals surface area contributed by atoms with Gasteiger partial charge in [-0.3, -0.25) is 9.59 Å². The number of Topliss-reactive ketones (excluding diaryl/α,β-unsaturated/α-hetero) is 1. The highest BCUT2D eigenvalue weighted by atomic mass is 32.2. The highest BCUT2D eigenvalue weighted by molar-refractivity contribution is 7.99. The second-order valence-electron chi connectivity index (χ2n) is 5.98. The molecule has 5 heteroatoms. The molecule has 2 fully saturated rings. The van der Waals surface area contributed by atoms with Gasteiger partial charge in [-0.1, -0.05) is 18.2 Å². The number of ketones is 1. The number of hydrogen-bond acceptors (Lipinski definition) is 5. The zero-order valence-corrected chi connectivity index (χ0v) is 12.6. The quantitative estimate of drug-likeness (QED) is 0.684. The Balaban J connectivity index is 1.69. The molecule has 1 aliphatic heterocycles. The van der Waals surface area contributed by atoms with Crippen LogP contribution in [0.4, 0.5) is 0 Å². The number of thioether (sulfide) groups is 1. The zero-order valence-electron chi connectivity index (χ0n) is 11.8. The van der Waals surface area contributed by atoms with Crippen LogP contribution in [0, 0.1) is 11.8 Å². The number of esters is 1. The van der Waals surface area contributed by atoms with Crippen molar-refractivity contribution >= 4 is 23.5 Å². The van der Waals surface area contributed by atoms with Gasteiger partial charge in [0.15, 0.2) is 5.78 Å². The summed E-state index contributed by atoms with van der Waals surface area (Å²) in [5, 5.41) is 10.0. The van der Waals surface area contributed by atoms with Crippen molar-refractivity contribution in [1.29, 1.82) is 0 Å². The molecular formula is C16H18O4S. The van der Waals surface area contributed by atoms with Crippen LogP contribution >= 0.6 is 11.8 Å². The van der Waals surface area contributed by atoms with E-state index in [1.54, 1.807) is 11.8 Å². The van der Waals surface area contributed by atoms with Crippen molar-refractivity contribution in [1.82, 2.24) is 0 Å². The maximum absolute atomic E-state index is 12.1. The lowest BCUT2D eigenvalue weighted by atomic mass is 9.74. The van der Waals surface area contributed by atoms with Crippen LogP contribution in [0.3, 0.4) is 0 Å². The molecule has 1 heterocycles. The summed E-state index contributed by atoms with van der Waals surface area (Å²) in [5.74, 6) is -0.170. The molecule has 1 saturated heterocycles. The number of ether oxygens (including phenoxy) is 1. The highest BCUT2D eigenvalue weighted by Gasteiger charge is 2.53. The minimum Gasteiger partial charge on any atom is -0.462 e. The molecule has 0 amide bonds. The Morgan fingerprint density at radius 2 is 2.05 bits per heavy atom. The smallest absolute Gasteiger partial charge is 0.310 e. The Morgan fingerprint density at radius 1 is 1.33 bits per heavy atom. The maximum Gasteiger partial charge on any atom is 0.310 e. The van der Waals surface area contributed by atoms with Crippen LogP contribution in [0.2, 0.25) is 0 Å². The van der Waals surface area contributed by atoms with Crippen molar-refractivity contribution in [3.63, 3.8) is 0 Å². The predicted molar refractivity (Wildman–Crippen MR) is 78.9 cm³/mol. The molecule has 0 bridgehead atoms. The molecule has 2 aliphatic rings. The van der Waals surface area contributed by atoms with Crippen LogP contribution in [0.25, 0.3) is 0 Å². The average Bonchev–Trinajstić information content (AvgIpc) is 2.72. The Kier molecular flexibility index (Phi) is 3.80. The van der Waals surface area contributed by atoms with Crippen molar-refractivity contribution in [2.45, 2.75) is 36.4 Å². The van der Waals surface area contributed by atoms with Gasteiger partial charge in [0, 0.05) is 29.4 Å². The number of carbonyl (C=O) groups excluding carboxylic acids is 2. The van der Waals surface area contributed by atoms with Crippen LogP contribution in [-0.2, 0) is 14.3 Å². The largest absolute Gasteiger partial charge is 0.462 e. The van der Waals surface area contributed by atoms with Gasteiger partial charge < -0.3 is 9.84 Å². The van der Waals surface area contributed by atoms with E-state index in [0.717, 1.165) is 4.90 Å². The molecule has 0 spiro atoms. The van der Waals surface area contributed by atoms with E-state index in [0.29, 0.717) is 5.75 Å². The monoisotopic (exact) mass is 306 g/mol. The highest BCUT2D eigenvalue weighted by Crippen LogP contribution is 2.42. The number of carbonyl (C=O) groups is 2. The molecule has 4 nitrogen and oxygen atoms in total. The summed E-state index contributed by atoms with van der Waals surface area (Å²) in [5.41, 5.74) is -1.36. The molecular weight excluding hydrogens is 288 g/mol. The molecule has 112 valence electrons. The number of hydrogen-bond donors (Lipinski definition) is 1. The van der Waals surface area contributed by atoms with E-state index in [4.69, 9.17) is 4.74 Å². The lowest BCUT2D eigenvalue weighted by molar-refractivity contribution is -0.153. The number of benzene rings is 1. The van der Waals surface area contributed by atoms with Gasteiger partial charge in [0.2, 0.25) is 0 Å². The van der Waals surface area contributed by atoms with E-state index in [2.05, 4.69) is 0 Å². The summed E-state index contributed by atoms with van der Waals surface area (Å²) in [6.45, 7) is 1.51. The zero-order chi connectivity index (χ0) is 15.0. The SMILES string of the molecule is C[C@]1(O)C[C@H]2OC(=O)[C@H](CSc3ccccc3)[C@H]2CC1=O. The minimum absolute atomic E-state index is 0.0959. The molecule has 3 rings (SSSR count). The second-order valence-corrected chi connectivity index (χ2v) is 7.07. The number of aliphatic hydroxyl groups is 1. The lowest BCUT2D eigenvalue weighted by Crippen LogP contribution is -2.47. The van der Waals surface area contributed by atoms with Crippen LogP contribution in [-0.4, -0.2) is 34.3 Å². The molecule has 1 aliphatic carbocycles. The van der Waals surface area contributed by atoms with Crippen molar-refractivity contribution in [2.24, 2.45) is 11.8 Å². The van der Waals surface area contributed by atoms with Gasteiger partial charge in [0.25, 0.3) is 0 Å². The van der Waals surface area contributed by atoms with Gasteiger partial charge in [-0.25, -0.2) is 0 Å². The van der Waals surface area contributed by atoms with Crippen molar-refractivity contribution < 1.29 is 19.4 Å². The fourth-order valence-corrected chi connectivity index (χ4v) is 4.16. The van der Waals surface area contributed by atoms with Gasteiger partial charge in [-0.2, -0.15) is 0 Å².